The zero-order valence-corrected chi connectivity index (χ0v) is 16.1. The maximum atomic E-state index is 12.3. The molecule has 27 heavy (non-hydrogen) atoms. The van der Waals surface area contributed by atoms with Gasteiger partial charge in [-0.3, -0.25) is 10.1 Å². The van der Waals surface area contributed by atoms with Crippen molar-refractivity contribution in [3.05, 3.63) is 77.3 Å². The fourth-order valence-corrected chi connectivity index (χ4v) is 4.25. The number of nitrogens with one attached hydrogen (secondary N) is 2. The van der Waals surface area contributed by atoms with E-state index in [1.807, 2.05) is 60.8 Å². The molecule has 4 aromatic rings. The lowest BCUT2D eigenvalue weighted by atomic mass is 10.2. The van der Waals surface area contributed by atoms with Crippen LogP contribution in [0.4, 0.5) is 16.0 Å². The van der Waals surface area contributed by atoms with Crippen LogP contribution in [0.3, 0.4) is 0 Å². The highest BCUT2D eigenvalue weighted by molar-refractivity contribution is 7.20. The van der Waals surface area contributed by atoms with Crippen molar-refractivity contribution in [2.24, 2.45) is 0 Å². The van der Waals surface area contributed by atoms with Crippen LogP contribution in [0.25, 0.3) is 10.6 Å². The summed E-state index contributed by atoms with van der Waals surface area (Å²) in [4.78, 5) is 22.4. The van der Waals surface area contributed by atoms with Crippen LogP contribution in [0, 0.1) is 6.92 Å². The molecule has 0 unspecified atom stereocenters. The van der Waals surface area contributed by atoms with Crippen LogP contribution in [0.5, 0.6) is 0 Å². The van der Waals surface area contributed by atoms with E-state index in [0.717, 1.165) is 27.1 Å². The number of benzene rings is 2. The molecule has 0 fully saturated rings. The number of thiazole rings is 2. The van der Waals surface area contributed by atoms with Crippen LogP contribution in [0.15, 0.2) is 66.0 Å². The molecule has 0 aliphatic heterocycles. The number of hydrogen-bond donors (Lipinski definition) is 2. The van der Waals surface area contributed by atoms with Gasteiger partial charge in [-0.15, -0.1) is 11.3 Å². The van der Waals surface area contributed by atoms with Crippen LogP contribution in [0.2, 0.25) is 0 Å². The highest BCUT2D eigenvalue weighted by atomic mass is 32.1. The highest BCUT2D eigenvalue weighted by Crippen LogP contribution is 2.35. The largest absolute Gasteiger partial charge is 0.332 e. The lowest BCUT2D eigenvalue weighted by Crippen LogP contribution is -2.11. The first-order valence-electron chi connectivity index (χ1n) is 8.31. The van der Waals surface area contributed by atoms with Gasteiger partial charge in [0.25, 0.3) is 5.91 Å². The average molecular weight is 393 g/mol. The molecule has 4 rings (SSSR count). The molecule has 2 aromatic carbocycles. The fraction of sp³-hybridized carbons (Fsp3) is 0.0500. The molecule has 0 bridgehead atoms. The Bertz CT molecular complexity index is 1060. The number of hydrogen-bond acceptors (Lipinski definition) is 6. The summed E-state index contributed by atoms with van der Waals surface area (Å²) in [5, 5.41) is 9.54. The Balaban J connectivity index is 1.51. The number of nitrogens with zero attached hydrogens (tertiary/aromatic N) is 2. The molecule has 0 radical (unpaired) electrons. The summed E-state index contributed by atoms with van der Waals surface area (Å²) >= 11 is 2.97. The van der Waals surface area contributed by atoms with E-state index in [4.69, 9.17) is 0 Å². The van der Waals surface area contributed by atoms with Crippen LogP contribution in [0.1, 0.15) is 16.1 Å². The molecule has 134 valence electrons. The van der Waals surface area contributed by atoms with Crippen LogP contribution in [-0.2, 0) is 0 Å². The molecule has 1 amide bonds. The molecule has 0 atom stereocenters. The fourth-order valence-electron chi connectivity index (χ4n) is 2.53. The van der Waals surface area contributed by atoms with E-state index in [-0.39, 0.29) is 5.91 Å². The number of carbonyl (C=O) groups excluding carboxylic acids is 1. The van der Waals surface area contributed by atoms with Gasteiger partial charge in [-0.1, -0.05) is 47.7 Å². The molecule has 0 aliphatic rings. The Labute approximate surface area is 164 Å². The first-order chi connectivity index (χ1) is 13.2. The summed E-state index contributed by atoms with van der Waals surface area (Å²) in [6, 6.07) is 19.0. The van der Waals surface area contributed by atoms with Crippen LogP contribution >= 0.6 is 22.7 Å². The second-order valence-corrected chi connectivity index (χ2v) is 7.64. The van der Waals surface area contributed by atoms with Crippen molar-refractivity contribution >= 4 is 44.5 Å². The Morgan fingerprint density at radius 1 is 0.926 bits per heavy atom. The van der Waals surface area contributed by atoms with Gasteiger partial charge in [0, 0.05) is 16.6 Å². The zero-order valence-electron chi connectivity index (χ0n) is 14.5. The van der Waals surface area contributed by atoms with E-state index in [9.17, 15) is 4.79 Å². The number of carbonyl (C=O) groups is 1. The Hall–Kier alpha value is -3.03. The topological polar surface area (TPSA) is 66.9 Å². The molecule has 2 aromatic heterocycles. The minimum absolute atomic E-state index is 0.166. The standard InChI is InChI=1S/C20H16N4OS2/c1-13-17(16-12-26-19(23-16)22-15-10-6-3-7-11-15)27-20(21-13)24-18(25)14-8-4-2-5-9-14/h2-12H,1H3,(H,22,23)(H,21,24,25). The predicted molar refractivity (Wildman–Crippen MR) is 112 cm³/mol. The van der Waals surface area contributed by atoms with Gasteiger partial charge in [-0.05, 0) is 31.2 Å². The number of aryl methyl sites for hydroxylation is 1. The minimum atomic E-state index is -0.166. The lowest BCUT2D eigenvalue weighted by Gasteiger charge is -2.00. The van der Waals surface area contributed by atoms with Gasteiger partial charge in [0.2, 0.25) is 0 Å². The van der Waals surface area contributed by atoms with Crippen molar-refractivity contribution in [1.82, 2.24) is 9.97 Å². The van der Waals surface area contributed by atoms with E-state index in [1.54, 1.807) is 12.1 Å². The summed E-state index contributed by atoms with van der Waals surface area (Å²) in [7, 11) is 0. The predicted octanol–water partition coefficient (Wildman–Crippen LogP) is 5.57. The number of anilines is 3. The molecule has 0 spiro atoms. The maximum absolute atomic E-state index is 12.3. The third-order valence-electron chi connectivity index (χ3n) is 3.81. The van der Waals surface area contributed by atoms with Gasteiger partial charge < -0.3 is 5.32 Å². The molecule has 0 saturated carbocycles. The summed E-state index contributed by atoms with van der Waals surface area (Å²) in [6.07, 6.45) is 0. The number of rotatable bonds is 5. The first kappa shape index (κ1) is 17.4. The molecule has 5 nitrogen and oxygen atoms in total. The van der Waals surface area contributed by atoms with Gasteiger partial charge in [-0.2, -0.15) is 0 Å². The van der Waals surface area contributed by atoms with E-state index < -0.39 is 0 Å². The molecule has 0 aliphatic carbocycles. The van der Waals surface area contributed by atoms with E-state index >= 15 is 0 Å². The number of amides is 1. The monoisotopic (exact) mass is 392 g/mol. The van der Waals surface area contributed by atoms with Crippen molar-refractivity contribution in [1.29, 1.82) is 0 Å². The normalized spacial score (nSPS) is 10.6. The Kier molecular flexibility index (Phi) is 4.95. The summed E-state index contributed by atoms with van der Waals surface area (Å²) in [6.45, 7) is 1.92. The van der Waals surface area contributed by atoms with Crippen LogP contribution < -0.4 is 10.6 Å². The van der Waals surface area contributed by atoms with Gasteiger partial charge >= 0.3 is 0 Å². The molecule has 2 N–H and O–H groups in total. The lowest BCUT2D eigenvalue weighted by molar-refractivity contribution is 0.102. The summed E-state index contributed by atoms with van der Waals surface area (Å²) in [5.41, 5.74) is 3.30. The van der Waals surface area contributed by atoms with Crippen molar-refractivity contribution in [2.75, 3.05) is 10.6 Å². The Morgan fingerprint density at radius 2 is 1.63 bits per heavy atom. The molecule has 7 heteroatoms. The van der Waals surface area contributed by atoms with Crippen molar-refractivity contribution in [2.45, 2.75) is 6.92 Å². The third kappa shape index (κ3) is 4.05. The number of para-hydroxylation sites is 1. The third-order valence-corrected chi connectivity index (χ3v) is 5.67. The van der Waals surface area contributed by atoms with Crippen molar-refractivity contribution < 1.29 is 4.79 Å². The molecular formula is C20H16N4OS2. The van der Waals surface area contributed by atoms with Gasteiger partial charge in [0.15, 0.2) is 10.3 Å². The summed E-state index contributed by atoms with van der Waals surface area (Å²) in [5.74, 6) is -0.166. The second-order valence-electron chi connectivity index (χ2n) is 5.78. The van der Waals surface area contributed by atoms with Crippen molar-refractivity contribution in [3.8, 4) is 10.6 Å². The SMILES string of the molecule is Cc1nc(NC(=O)c2ccccc2)sc1-c1csc(Nc2ccccc2)n1. The molecular weight excluding hydrogens is 376 g/mol. The average Bonchev–Trinajstić information content (AvgIpc) is 3.29. The number of aromatic nitrogens is 2. The summed E-state index contributed by atoms with van der Waals surface area (Å²) < 4.78 is 0. The van der Waals surface area contributed by atoms with E-state index in [0.29, 0.717) is 10.7 Å². The smallest absolute Gasteiger partial charge is 0.257 e. The second kappa shape index (κ2) is 7.69. The van der Waals surface area contributed by atoms with Crippen molar-refractivity contribution in [3.63, 3.8) is 0 Å². The zero-order chi connectivity index (χ0) is 18.6. The van der Waals surface area contributed by atoms with Gasteiger partial charge in [0.1, 0.15) is 0 Å². The molecule has 0 saturated heterocycles. The quantitative estimate of drug-likeness (QED) is 0.466. The minimum Gasteiger partial charge on any atom is -0.332 e. The Morgan fingerprint density at radius 3 is 2.37 bits per heavy atom. The van der Waals surface area contributed by atoms with Gasteiger partial charge in [-0.25, -0.2) is 9.97 Å². The molecule has 2 heterocycles. The maximum Gasteiger partial charge on any atom is 0.257 e. The highest BCUT2D eigenvalue weighted by Gasteiger charge is 2.15. The van der Waals surface area contributed by atoms with E-state index in [2.05, 4.69) is 20.6 Å². The van der Waals surface area contributed by atoms with Gasteiger partial charge in [0.05, 0.1) is 16.3 Å². The van der Waals surface area contributed by atoms with Crippen LogP contribution in [-0.4, -0.2) is 15.9 Å². The first-order valence-corrected chi connectivity index (χ1v) is 10.0. The van der Waals surface area contributed by atoms with E-state index in [1.165, 1.54) is 22.7 Å².